The molecule has 0 saturated heterocycles. The number of benzene rings is 3. The van der Waals surface area contributed by atoms with Crippen LogP contribution < -0.4 is 9.62 Å². The van der Waals surface area contributed by atoms with E-state index in [1.807, 2.05) is 31.2 Å². The fourth-order valence-electron chi connectivity index (χ4n) is 3.88. The molecule has 0 bridgehead atoms. The second kappa shape index (κ2) is 6.95. The van der Waals surface area contributed by atoms with E-state index in [1.165, 1.54) is 15.9 Å². The zero-order chi connectivity index (χ0) is 19.9. The second-order valence-electron chi connectivity index (χ2n) is 7.32. The Morgan fingerprint density at radius 2 is 1.82 bits per heavy atom. The number of fused-ring (bicyclic) bond motifs is 2. The van der Waals surface area contributed by atoms with Crippen LogP contribution in [0.4, 0.5) is 5.69 Å². The van der Waals surface area contributed by atoms with Crippen molar-refractivity contribution in [3.63, 3.8) is 0 Å². The van der Waals surface area contributed by atoms with Crippen LogP contribution in [0.15, 0.2) is 60.7 Å². The molecule has 0 aromatic heterocycles. The summed E-state index contributed by atoms with van der Waals surface area (Å²) in [7, 11) is -3.33. The zero-order valence-electron chi connectivity index (χ0n) is 15.8. The Balaban J connectivity index is 1.50. The summed E-state index contributed by atoms with van der Waals surface area (Å²) in [5.74, 6) is -0.165. The number of amides is 1. The summed E-state index contributed by atoms with van der Waals surface area (Å²) in [6, 6.07) is 19.3. The number of hydrogen-bond acceptors (Lipinski definition) is 3. The number of nitrogens with zero attached hydrogens (tertiary/aromatic N) is 1. The summed E-state index contributed by atoms with van der Waals surface area (Å²) in [5.41, 5.74) is 3.13. The Hall–Kier alpha value is -2.86. The summed E-state index contributed by atoms with van der Waals surface area (Å²) in [6.07, 6.45) is 1.82. The summed E-state index contributed by atoms with van der Waals surface area (Å²) in [6.45, 7) is 2.31. The fourth-order valence-corrected chi connectivity index (χ4v) is 5.15. The summed E-state index contributed by atoms with van der Waals surface area (Å²) in [5, 5.41) is 5.26. The van der Waals surface area contributed by atoms with Crippen molar-refractivity contribution in [3.8, 4) is 0 Å². The normalized spacial score (nSPS) is 16.2. The Morgan fingerprint density at radius 3 is 2.57 bits per heavy atom. The number of anilines is 1. The lowest BCUT2D eigenvalue weighted by Gasteiger charge is -2.21. The number of carbonyl (C=O) groups excluding carboxylic acids is 1. The quantitative estimate of drug-likeness (QED) is 0.737. The van der Waals surface area contributed by atoms with Gasteiger partial charge in [-0.15, -0.1) is 0 Å². The highest BCUT2D eigenvalue weighted by molar-refractivity contribution is 7.92. The standard InChI is InChI=1S/C22H22N2O3S/c1-15-11-20-13-19(9-10-21(20)24(15)28(2,26)27)22(25)23-14-16-7-8-17-5-3-4-6-18(17)12-16/h3-10,12-13,15H,11,14H2,1-2H3,(H,23,25). The molecule has 4 rings (SSSR count). The van der Waals surface area contributed by atoms with Gasteiger partial charge in [0.25, 0.3) is 5.91 Å². The molecule has 0 spiro atoms. The maximum atomic E-state index is 12.6. The highest BCUT2D eigenvalue weighted by Crippen LogP contribution is 2.34. The predicted octanol–water partition coefficient (Wildman–Crippen LogP) is 3.48. The van der Waals surface area contributed by atoms with E-state index >= 15 is 0 Å². The van der Waals surface area contributed by atoms with Crippen LogP contribution in [0.3, 0.4) is 0 Å². The van der Waals surface area contributed by atoms with Crippen LogP contribution in [0.5, 0.6) is 0 Å². The molecule has 28 heavy (non-hydrogen) atoms. The van der Waals surface area contributed by atoms with E-state index in [-0.39, 0.29) is 11.9 Å². The van der Waals surface area contributed by atoms with Gasteiger partial charge in [0.1, 0.15) is 0 Å². The van der Waals surface area contributed by atoms with Crippen LogP contribution >= 0.6 is 0 Å². The Kier molecular flexibility index (Phi) is 4.59. The first-order valence-corrected chi connectivity index (χ1v) is 11.1. The number of sulfonamides is 1. The summed E-state index contributed by atoms with van der Waals surface area (Å²) >= 11 is 0. The van der Waals surface area contributed by atoms with E-state index in [0.717, 1.165) is 16.5 Å². The molecule has 0 aliphatic carbocycles. The first-order chi connectivity index (χ1) is 13.3. The van der Waals surface area contributed by atoms with Gasteiger partial charge in [-0.25, -0.2) is 8.42 Å². The lowest BCUT2D eigenvalue weighted by Crippen LogP contribution is -2.34. The van der Waals surface area contributed by atoms with Crippen LogP contribution in [0.2, 0.25) is 0 Å². The van der Waals surface area contributed by atoms with Crippen LogP contribution in [0.25, 0.3) is 10.8 Å². The maximum absolute atomic E-state index is 12.6. The molecule has 5 nitrogen and oxygen atoms in total. The molecule has 0 fully saturated rings. The molecule has 1 atom stereocenters. The van der Waals surface area contributed by atoms with E-state index in [9.17, 15) is 13.2 Å². The van der Waals surface area contributed by atoms with Crippen molar-refractivity contribution in [2.75, 3.05) is 10.6 Å². The monoisotopic (exact) mass is 394 g/mol. The maximum Gasteiger partial charge on any atom is 0.251 e. The SMILES string of the molecule is CC1Cc2cc(C(=O)NCc3ccc4ccccc4c3)ccc2N1S(C)(=O)=O. The van der Waals surface area contributed by atoms with Crippen molar-refractivity contribution < 1.29 is 13.2 Å². The number of rotatable bonds is 4. The molecule has 1 heterocycles. The van der Waals surface area contributed by atoms with Gasteiger partial charge in [-0.2, -0.15) is 0 Å². The smallest absolute Gasteiger partial charge is 0.251 e. The van der Waals surface area contributed by atoms with E-state index in [1.54, 1.807) is 18.2 Å². The molecule has 1 unspecified atom stereocenters. The summed E-state index contributed by atoms with van der Waals surface area (Å²) < 4.78 is 25.5. The van der Waals surface area contributed by atoms with Gasteiger partial charge in [0, 0.05) is 18.2 Å². The van der Waals surface area contributed by atoms with Crippen molar-refractivity contribution in [2.45, 2.75) is 25.9 Å². The lowest BCUT2D eigenvalue weighted by molar-refractivity contribution is 0.0951. The lowest BCUT2D eigenvalue weighted by atomic mass is 10.1. The van der Waals surface area contributed by atoms with Crippen LogP contribution in [0, 0.1) is 0 Å². The average molecular weight is 394 g/mol. The van der Waals surface area contributed by atoms with Crippen molar-refractivity contribution in [2.24, 2.45) is 0 Å². The Bertz CT molecular complexity index is 1170. The Morgan fingerprint density at radius 1 is 1.07 bits per heavy atom. The minimum Gasteiger partial charge on any atom is -0.348 e. The molecule has 3 aromatic carbocycles. The third kappa shape index (κ3) is 3.47. The van der Waals surface area contributed by atoms with E-state index in [4.69, 9.17) is 0 Å². The third-order valence-electron chi connectivity index (χ3n) is 5.12. The molecule has 6 heteroatoms. The van der Waals surface area contributed by atoms with Crippen molar-refractivity contribution >= 4 is 32.4 Å². The van der Waals surface area contributed by atoms with Gasteiger partial charge < -0.3 is 5.32 Å². The third-order valence-corrected chi connectivity index (χ3v) is 6.39. The molecule has 1 N–H and O–H groups in total. The minimum atomic E-state index is -3.33. The predicted molar refractivity (Wildman–Crippen MR) is 112 cm³/mol. The molecular formula is C22H22N2O3S. The van der Waals surface area contributed by atoms with Crippen LogP contribution in [-0.4, -0.2) is 26.6 Å². The van der Waals surface area contributed by atoms with Gasteiger partial charge in [0.05, 0.1) is 11.9 Å². The first kappa shape index (κ1) is 18.5. The molecule has 1 amide bonds. The van der Waals surface area contributed by atoms with Crippen molar-refractivity contribution in [1.29, 1.82) is 0 Å². The molecule has 3 aromatic rings. The molecule has 0 radical (unpaired) electrons. The highest BCUT2D eigenvalue weighted by Gasteiger charge is 2.32. The Labute approximate surface area is 165 Å². The largest absolute Gasteiger partial charge is 0.348 e. The van der Waals surface area contributed by atoms with Gasteiger partial charge in [-0.3, -0.25) is 9.10 Å². The topological polar surface area (TPSA) is 66.5 Å². The van der Waals surface area contributed by atoms with E-state index < -0.39 is 10.0 Å². The molecular weight excluding hydrogens is 372 g/mol. The number of hydrogen-bond donors (Lipinski definition) is 1. The van der Waals surface area contributed by atoms with Crippen molar-refractivity contribution in [3.05, 3.63) is 77.4 Å². The first-order valence-electron chi connectivity index (χ1n) is 9.21. The van der Waals surface area contributed by atoms with Gasteiger partial charge in [-0.1, -0.05) is 36.4 Å². The molecule has 1 aliphatic rings. The van der Waals surface area contributed by atoms with E-state index in [2.05, 4.69) is 23.5 Å². The van der Waals surface area contributed by atoms with Gasteiger partial charge >= 0.3 is 0 Å². The van der Waals surface area contributed by atoms with Crippen LogP contribution in [0.1, 0.15) is 28.4 Å². The van der Waals surface area contributed by atoms with Gasteiger partial charge in [0.15, 0.2) is 0 Å². The second-order valence-corrected chi connectivity index (χ2v) is 9.18. The number of carbonyl (C=O) groups is 1. The minimum absolute atomic E-state index is 0.138. The molecule has 1 aliphatic heterocycles. The van der Waals surface area contributed by atoms with Gasteiger partial charge in [-0.05, 0) is 59.5 Å². The van der Waals surface area contributed by atoms with Crippen molar-refractivity contribution in [1.82, 2.24) is 5.32 Å². The van der Waals surface area contributed by atoms with E-state index in [0.29, 0.717) is 24.2 Å². The number of nitrogens with one attached hydrogen (secondary N) is 1. The zero-order valence-corrected chi connectivity index (χ0v) is 16.7. The van der Waals surface area contributed by atoms with Gasteiger partial charge in [0.2, 0.25) is 10.0 Å². The molecule has 144 valence electrons. The summed E-state index contributed by atoms with van der Waals surface area (Å²) in [4.78, 5) is 12.6. The fraction of sp³-hybridized carbons (Fsp3) is 0.227. The average Bonchev–Trinajstić information content (AvgIpc) is 3.01. The highest BCUT2D eigenvalue weighted by atomic mass is 32.2. The molecule has 0 saturated carbocycles. The van der Waals surface area contributed by atoms with Crippen LogP contribution in [-0.2, 0) is 23.0 Å².